The van der Waals surface area contributed by atoms with E-state index in [1.165, 1.54) is 27.4 Å². The number of fused-ring (bicyclic) bond motifs is 5. The van der Waals surface area contributed by atoms with E-state index in [1.807, 2.05) is 113 Å². The summed E-state index contributed by atoms with van der Waals surface area (Å²) in [5.41, 5.74) is 7.66. The first-order chi connectivity index (χ1) is 24.6. The van der Waals surface area contributed by atoms with Gasteiger partial charge < -0.3 is 13.8 Å². The molecule has 6 nitrogen and oxygen atoms in total. The number of hydrogen-bond acceptors (Lipinski definition) is 5. The van der Waals surface area contributed by atoms with Crippen LogP contribution in [0.25, 0.3) is 66.5 Å². The lowest BCUT2D eigenvalue weighted by atomic mass is 10.0. The van der Waals surface area contributed by atoms with E-state index in [4.69, 9.17) is 8.83 Å². The molecule has 4 aromatic heterocycles. The summed E-state index contributed by atoms with van der Waals surface area (Å²) in [5.74, 6) is 1.98. The second-order valence-corrected chi connectivity index (χ2v) is 11.3. The first kappa shape index (κ1) is 35.3. The predicted molar refractivity (Wildman–Crippen MR) is 209 cm³/mol. The van der Waals surface area contributed by atoms with Crippen LogP contribution in [0.4, 0.5) is 0 Å². The number of benzene rings is 5. The van der Waals surface area contributed by atoms with Gasteiger partial charge >= 0.3 is 0 Å². The van der Waals surface area contributed by atoms with Gasteiger partial charge in [0.1, 0.15) is 17.5 Å². The third kappa shape index (κ3) is 8.34. The van der Waals surface area contributed by atoms with Crippen molar-refractivity contribution in [2.45, 2.75) is 47.5 Å². The maximum absolute atomic E-state index is 5.25. The SMILES string of the molecule is CC.CC.CC(C)c1ccc2[nH]c3ccccc3c2c1.c1cc2cc3occc3cc2o1.c1ccc(-c2ncnc(-c3ccccc3)n2)cc1. The Labute approximate surface area is 293 Å². The van der Waals surface area contributed by atoms with Crippen LogP contribution in [-0.2, 0) is 0 Å². The van der Waals surface area contributed by atoms with Crippen molar-refractivity contribution in [2.75, 3.05) is 0 Å². The van der Waals surface area contributed by atoms with Gasteiger partial charge in [0.25, 0.3) is 0 Å². The minimum Gasteiger partial charge on any atom is -0.464 e. The molecule has 50 heavy (non-hydrogen) atoms. The molecule has 0 aliphatic heterocycles. The van der Waals surface area contributed by atoms with Gasteiger partial charge in [-0.25, -0.2) is 15.0 Å². The van der Waals surface area contributed by atoms with Gasteiger partial charge in [0.05, 0.1) is 12.5 Å². The lowest BCUT2D eigenvalue weighted by Gasteiger charge is -2.04. The molecule has 0 aliphatic rings. The average Bonchev–Trinajstić information content (AvgIpc) is 3.95. The molecule has 0 saturated heterocycles. The number of nitrogens with one attached hydrogen (secondary N) is 1. The quantitative estimate of drug-likeness (QED) is 0.204. The van der Waals surface area contributed by atoms with E-state index in [0.717, 1.165) is 33.1 Å². The molecule has 0 aliphatic carbocycles. The monoisotopic (exact) mass is 660 g/mol. The highest BCUT2D eigenvalue weighted by atomic mass is 16.3. The number of nitrogens with zero attached hydrogens (tertiary/aromatic N) is 3. The lowest BCUT2D eigenvalue weighted by molar-refractivity contribution is 0.612. The normalized spacial score (nSPS) is 10.4. The van der Waals surface area contributed by atoms with Crippen LogP contribution in [-0.4, -0.2) is 19.9 Å². The van der Waals surface area contributed by atoms with Gasteiger partial charge in [-0.05, 0) is 53.9 Å². The van der Waals surface area contributed by atoms with Crippen molar-refractivity contribution < 1.29 is 8.83 Å². The molecule has 0 amide bonds. The zero-order valence-corrected chi connectivity index (χ0v) is 29.6. The minimum absolute atomic E-state index is 0.582. The Bertz CT molecular complexity index is 2210. The van der Waals surface area contributed by atoms with Crippen molar-refractivity contribution in [3.63, 3.8) is 0 Å². The van der Waals surface area contributed by atoms with Crippen LogP contribution in [0.3, 0.4) is 0 Å². The van der Waals surface area contributed by atoms with Gasteiger partial charge in [0.15, 0.2) is 11.6 Å². The van der Waals surface area contributed by atoms with Crippen molar-refractivity contribution in [1.29, 1.82) is 0 Å². The number of aromatic amines is 1. The largest absolute Gasteiger partial charge is 0.464 e. The van der Waals surface area contributed by atoms with E-state index in [2.05, 4.69) is 76.2 Å². The third-order valence-corrected chi connectivity index (χ3v) is 7.86. The maximum Gasteiger partial charge on any atom is 0.163 e. The molecule has 0 spiro atoms. The second kappa shape index (κ2) is 17.4. The molecule has 0 radical (unpaired) electrons. The molecule has 0 unspecified atom stereocenters. The molecule has 9 aromatic rings. The highest BCUT2D eigenvalue weighted by Gasteiger charge is 2.07. The molecule has 0 atom stereocenters. The molecule has 1 N–H and O–H groups in total. The highest BCUT2D eigenvalue weighted by Crippen LogP contribution is 2.28. The molecule has 0 fully saturated rings. The topological polar surface area (TPSA) is 80.7 Å². The van der Waals surface area contributed by atoms with Crippen LogP contribution < -0.4 is 0 Å². The number of rotatable bonds is 3. The van der Waals surface area contributed by atoms with Crippen LogP contribution in [0.1, 0.15) is 53.0 Å². The first-order valence-electron chi connectivity index (χ1n) is 17.3. The number of furan rings is 2. The summed E-state index contributed by atoms with van der Waals surface area (Å²) in [5, 5.41) is 4.82. The highest BCUT2D eigenvalue weighted by molar-refractivity contribution is 6.07. The van der Waals surface area contributed by atoms with E-state index in [9.17, 15) is 0 Å². The van der Waals surface area contributed by atoms with Crippen LogP contribution >= 0.6 is 0 Å². The van der Waals surface area contributed by atoms with Crippen molar-refractivity contribution in [2.24, 2.45) is 0 Å². The molecule has 5 aromatic carbocycles. The molecular formula is C44H44N4O2. The number of hydrogen-bond donors (Lipinski definition) is 1. The van der Waals surface area contributed by atoms with Gasteiger partial charge in [-0.15, -0.1) is 0 Å². The Balaban J connectivity index is 0.000000141. The van der Waals surface area contributed by atoms with E-state index in [0.29, 0.717) is 17.6 Å². The lowest BCUT2D eigenvalue weighted by Crippen LogP contribution is -1.94. The molecule has 252 valence electrons. The Morgan fingerprint density at radius 2 is 1.02 bits per heavy atom. The van der Waals surface area contributed by atoms with Gasteiger partial charge in [0.2, 0.25) is 0 Å². The van der Waals surface area contributed by atoms with Crippen LogP contribution in [0.15, 0.2) is 155 Å². The zero-order valence-electron chi connectivity index (χ0n) is 29.6. The molecule has 0 saturated carbocycles. The minimum atomic E-state index is 0.582. The van der Waals surface area contributed by atoms with Gasteiger partial charge in [-0.1, -0.05) is 126 Å². The van der Waals surface area contributed by atoms with Crippen molar-refractivity contribution in [1.82, 2.24) is 19.9 Å². The predicted octanol–water partition coefficient (Wildman–Crippen LogP) is 12.9. The summed E-state index contributed by atoms with van der Waals surface area (Å²) in [6, 6.07) is 42.8. The Morgan fingerprint density at radius 3 is 1.56 bits per heavy atom. The summed E-state index contributed by atoms with van der Waals surface area (Å²) >= 11 is 0. The van der Waals surface area contributed by atoms with E-state index < -0.39 is 0 Å². The number of aromatic nitrogens is 4. The van der Waals surface area contributed by atoms with Gasteiger partial charge in [-0.2, -0.15) is 0 Å². The fourth-order valence-corrected chi connectivity index (χ4v) is 5.39. The molecule has 6 heteroatoms. The smallest absolute Gasteiger partial charge is 0.163 e. The van der Waals surface area contributed by atoms with Crippen molar-refractivity contribution >= 4 is 43.7 Å². The fraction of sp³-hybridized carbons (Fsp3) is 0.159. The van der Waals surface area contributed by atoms with Gasteiger partial charge in [-0.3, -0.25) is 0 Å². The number of para-hydroxylation sites is 1. The van der Waals surface area contributed by atoms with Gasteiger partial charge in [0, 0.05) is 43.7 Å². The molecule has 9 rings (SSSR count). The Kier molecular flexibility index (Phi) is 12.3. The van der Waals surface area contributed by atoms with Crippen LogP contribution in [0, 0.1) is 0 Å². The summed E-state index contributed by atoms with van der Waals surface area (Å²) < 4.78 is 10.5. The Hall–Kier alpha value is -6.01. The summed E-state index contributed by atoms with van der Waals surface area (Å²) in [6.45, 7) is 12.5. The van der Waals surface area contributed by atoms with Crippen molar-refractivity contribution in [3.05, 3.63) is 152 Å². The Morgan fingerprint density at radius 1 is 0.520 bits per heavy atom. The average molecular weight is 661 g/mol. The maximum atomic E-state index is 5.25. The zero-order chi connectivity index (χ0) is 35.3. The van der Waals surface area contributed by atoms with Crippen molar-refractivity contribution in [3.8, 4) is 22.8 Å². The summed E-state index contributed by atoms with van der Waals surface area (Å²) in [6.07, 6.45) is 4.92. The summed E-state index contributed by atoms with van der Waals surface area (Å²) in [7, 11) is 0. The standard InChI is InChI=1S/C15H11N3.C15H15N.C10H6O2.2C2H6/c1-3-7-12(8-4-1)14-16-11-17-15(18-14)13-9-5-2-6-10-13;1-10(2)11-7-8-15-13(9-11)12-5-3-4-6-14(12)16-15;1-3-11-9-6-8-2-4-12-10(8)5-7(1)9;2*1-2/h1-11H;3-10,16H,1-2H3;1-6H;2*1-2H3. The third-order valence-electron chi connectivity index (χ3n) is 7.86. The van der Waals surface area contributed by atoms with E-state index in [1.54, 1.807) is 18.9 Å². The first-order valence-corrected chi connectivity index (χ1v) is 17.3. The molecule has 4 heterocycles. The number of H-pyrrole nitrogens is 1. The van der Waals surface area contributed by atoms with Crippen LogP contribution in [0.2, 0.25) is 0 Å². The fourth-order valence-electron chi connectivity index (χ4n) is 5.39. The van der Waals surface area contributed by atoms with E-state index >= 15 is 0 Å². The van der Waals surface area contributed by atoms with E-state index in [-0.39, 0.29) is 0 Å². The summed E-state index contributed by atoms with van der Waals surface area (Å²) in [4.78, 5) is 16.4. The van der Waals surface area contributed by atoms with Crippen LogP contribution in [0.5, 0.6) is 0 Å². The molecular weight excluding hydrogens is 617 g/mol. The molecule has 0 bridgehead atoms. The second-order valence-electron chi connectivity index (χ2n) is 11.3.